The fourth-order valence-corrected chi connectivity index (χ4v) is 5.45. The molecular formula is C32H2F60. The quantitative estimate of drug-likeness (QED) is 0.0631. The van der Waals surface area contributed by atoms with Crippen LogP contribution in [0.3, 0.4) is 0 Å². The maximum Gasteiger partial charge on any atom is 0.460 e. The first kappa shape index (κ1) is 87.3. The Hall–Kier alpha value is -4.72. The predicted molar refractivity (Wildman–Crippen MR) is 159 cm³/mol. The fourth-order valence-electron chi connectivity index (χ4n) is 5.45. The SMILES string of the molecule is FC(F)(F)C(F)(F)C(F)(F)C(F)(F)C(F)(F)C(F)(F)/C=C(/C(=C/C(F)(F)C(F)(F)C(F)(F)C(F)(F)C(F)(F)C(F)(F)F)C(F)(F)C(F)(F)C(F)(F)C(F)(F)C(F)(F)C(F)(F)C(F)(F)C(F)(F)F)C(F)(F)C(F)(F)C(F)(F)C(F)(F)C(F)(F)C(F)(F)C(F)(F)C(F)(F)F. The molecule has 0 nitrogen and oxygen atoms in total. The monoisotopic (exact) mass is 1530 g/mol. The Morgan fingerprint density at radius 3 is 0.337 bits per heavy atom. The molecule has 0 aliphatic heterocycles. The zero-order valence-corrected chi connectivity index (χ0v) is 38.8. The van der Waals surface area contributed by atoms with E-state index in [1.165, 1.54) is 0 Å². The molecule has 0 aromatic carbocycles. The van der Waals surface area contributed by atoms with Crippen LogP contribution < -0.4 is 0 Å². The average Bonchev–Trinajstić information content (AvgIpc) is 0.700. The van der Waals surface area contributed by atoms with Crippen LogP contribution in [-0.4, -0.2) is 167 Å². The van der Waals surface area contributed by atoms with Crippen molar-refractivity contribution in [3.63, 3.8) is 0 Å². The molecule has 0 saturated carbocycles. The predicted octanol–water partition coefficient (Wildman–Crippen LogP) is 20.3. The van der Waals surface area contributed by atoms with E-state index in [2.05, 4.69) is 0 Å². The standard InChI is InChI=1S/C32H2F60/c33-5(34,9(41,42)13(49,50)21(65,66)25(73,74)29(81,82)83)1-3(7(37,38)11(45,46)15(53,54)17(57,58)19(61,62)23(69,70)27(77,78)31(87,88)89)4(2-6(35,36)10(43,44)14(51,52)22(67,68)26(75,76)30(84,85)86)8(39,40)12(47,48)16(55,56)18(59,60)20(63,64)24(71,72)28(79,80)32(90,91)92/h1-2H/b3-1-,4-2-. The molecule has 0 saturated heterocycles. The molecule has 60 heteroatoms. The lowest BCUT2D eigenvalue weighted by Crippen LogP contribution is -2.75. The van der Waals surface area contributed by atoms with Crippen molar-refractivity contribution >= 4 is 0 Å². The van der Waals surface area contributed by atoms with Crippen molar-refractivity contribution in [2.75, 3.05) is 0 Å². The first-order chi connectivity index (χ1) is 38.4. The van der Waals surface area contributed by atoms with E-state index in [-0.39, 0.29) is 0 Å². The summed E-state index contributed by atoms with van der Waals surface area (Å²) in [6.07, 6.45) is -47.8. The largest absolute Gasteiger partial charge is 0.460 e. The summed E-state index contributed by atoms with van der Waals surface area (Å²) in [6, 6.07) is 0. The van der Waals surface area contributed by atoms with Crippen LogP contribution in [0.1, 0.15) is 0 Å². The summed E-state index contributed by atoms with van der Waals surface area (Å²) in [5.74, 6) is -255. The van der Waals surface area contributed by atoms with Crippen LogP contribution in [0.4, 0.5) is 263 Å². The van der Waals surface area contributed by atoms with Gasteiger partial charge in [0.25, 0.3) is 0 Å². The van der Waals surface area contributed by atoms with Gasteiger partial charge in [0, 0.05) is 23.3 Å². The normalized spacial score (nSPS) is 17.7. The van der Waals surface area contributed by atoms with Gasteiger partial charge in [0.05, 0.1) is 0 Å². The van der Waals surface area contributed by atoms with E-state index in [9.17, 15) is 211 Å². The second-order valence-corrected chi connectivity index (χ2v) is 17.0. The molecule has 550 valence electrons. The first-order valence-corrected chi connectivity index (χ1v) is 19.2. The van der Waals surface area contributed by atoms with Crippen LogP contribution >= 0.6 is 0 Å². The first-order valence-electron chi connectivity index (χ1n) is 19.2. The molecule has 0 aliphatic carbocycles. The van der Waals surface area contributed by atoms with Crippen molar-refractivity contribution in [1.29, 1.82) is 0 Å². The van der Waals surface area contributed by atoms with Crippen molar-refractivity contribution in [2.24, 2.45) is 0 Å². The molecule has 0 fully saturated rings. The Bertz CT molecular complexity index is 2520. The highest BCUT2D eigenvalue weighted by Gasteiger charge is 2.99. The van der Waals surface area contributed by atoms with Crippen molar-refractivity contribution < 1.29 is 263 Å². The number of halogens is 60. The van der Waals surface area contributed by atoms with Crippen LogP contribution in [0, 0.1) is 0 Å². The molecule has 0 aromatic heterocycles. The number of hydrogen-bond donors (Lipinski definition) is 0. The van der Waals surface area contributed by atoms with Crippen molar-refractivity contribution in [2.45, 2.75) is 167 Å². The molecule has 0 unspecified atom stereocenters. The third-order valence-electron chi connectivity index (χ3n) is 11.0. The van der Waals surface area contributed by atoms with Crippen LogP contribution in [0.15, 0.2) is 23.3 Å². The topological polar surface area (TPSA) is 0 Å². The highest BCUT2D eigenvalue weighted by atomic mass is 19.5. The summed E-state index contributed by atoms with van der Waals surface area (Å²) >= 11 is 0. The van der Waals surface area contributed by atoms with Gasteiger partial charge >= 0.3 is 167 Å². The molecule has 0 spiro atoms. The zero-order valence-electron chi connectivity index (χ0n) is 38.8. The maximum atomic E-state index is 15.8. The molecule has 92 heavy (non-hydrogen) atoms. The maximum absolute atomic E-state index is 15.8. The van der Waals surface area contributed by atoms with Gasteiger partial charge in [0.2, 0.25) is 0 Å². The van der Waals surface area contributed by atoms with E-state index in [1.807, 2.05) is 0 Å². The minimum atomic E-state index is -11.5. The Morgan fingerprint density at radius 1 is 0.120 bits per heavy atom. The van der Waals surface area contributed by atoms with Gasteiger partial charge in [-0.05, 0) is 0 Å². The van der Waals surface area contributed by atoms with Gasteiger partial charge in [-0.15, -0.1) is 0 Å². The van der Waals surface area contributed by atoms with Gasteiger partial charge < -0.3 is 0 Å². The molecular weight excluding hydrogens is 1520 g/mol. The summed E-state index contributed by atoms with van der Waals surface area (Å²) in [5, 5.41) is 0. The Kier molecular flexibility index (Phi) is 20.3. The Labute approximate surface area is 455 Å². The van der Waals surface area contributed by atoms with E-state index in [0.29, 0.717) is 0 Å². The third kappa shape index (κ3) is 10.8. The van der Waals surface area contributed by atoms with Gasteiger partial charge in [0.1, 0.15) is 0 Å². The minimum absolute atomic E-state index is 5.78. The van der Waals surface area contributed by atoms with Gasteiger partial charge in [-0.1, -0.05) is 0 Å². The van der Waals surface area contributed by atoms with Crippen LogP contribution in [0.2, 0.25) is 0 Å². The summed E-state index contributed by atoms with van der Waals surface area (Å²) in [4.78, 5) is 0. The zero-order chi connectivity index (χ0) is 76.6. The van der Waals surface area contributed by atoms with E-state index < -0.39 is 190 Å². The molecule has 0 heterocycles. The molecule has 0 bridgehead atoms. The number of hydrogen-bond acceptors (Lipinski definition) is 0. The lowest BCUT2D eigenvalue weighted by atomic mass is 9.79. The van der Waals surface area contributed by atoms with Crippen LogP contribution in [-0.2, 0) is 0 Å². The van der Waals surface area contributed by atoms with Crippen molar-refractivity contribution in [3.8, 4) is 0 Å². The number of allylic oxidation sites excluding steroid dienone is 4. The molecule has 0 radical (unpaired) electrons. The molecule has 0 aliphatic rings. The van der Waals surface area contributed by atoms with Gasteiger partial charge in [-0.2, -0.15) is 263 Å². The van der Waals surface area contributed by atoms with Gasteiger partial charge in [0.15, 0.2) is 0 Å². The second-order valence-electron chi connectivity index (χ2n) is 17.0. The van der Waals surface area contributed by atoms with Gasteiger partial charge in [-0.25, -0.2) is 0 Å². The molecule has 0 amide bonds. The number of rotatable bonds is 25. The third-order valence-corrected chi connectivity index (χ3v) is 11.0. The smallest absolute Gasteiger partial charge is 0.195 e. The average molecular weight is 1530 g/mol. The highest BCUT2D eigenvalue weighted by molar-refractivity contribution is 5.49. The Balaban J connectivity index is 11.3. The lowest BCUT2D eigenvalue weighted by molar-refractivity contribution is -0.461. The van der Waals surface area contributed by atoms with E-state index in [0.717, 1.165) is 0 Å². The van der Waals surface area contributed by atoms with E-state index in [4.69, 9.17) is 0 Å². The summed E-state index contributed by atoms with van der Waals surface area (Å²) in [5.41, 5.74) is -16.6. The fraction of sp³-hybridized carbons (Fsp3) is 0.875. The summed E-state index contributed by atoms with van der Waals surface area (Å²) in [6.45, 7) is 0. The van der Waals surface area contributed by atoms with E-state index in [1.54, 1.807) is 0 Å². The van der Waals surface area contributed by atoms with Crippen molar-refractivity contribution in [1.82, 2.24) is 0 Å². The lowest BCUT2D eigenvalue weighted by Gasteiger charge is -2.45. The van der Waals surface area contributed by atoms with E-state index >= 15 is 52.7 Å². The summed E-state index contributed by atoms with van der Waals surface area (Å²) in [7, 11) is 0. The number of alkyl halides is 60. The second kappa shape index (κ2) is 21.4. The highest BCUT2D eigenvalue weighted by Crippen LogP contribution is 2.71. The van der Waals surface area contributed by atoms with Crippen LogP contribution in [0.25, 0.3) is 0 Å². The minimum Gasteiger partial charge on any atom is -0.195 e. The van der Waals surface area contributed by atoms with Gasteiger partial charge in [-0.3, -0.25) is 0 Å². The molecule has 0 atom stereocenters. The molecule has 0 rings (SSSR count). The molecule has 0 N–H and O–H groups in total. The van der Waals surface area contributed by atoms with Crippen molar-refractivity contribution in [3.05, 3.63) is 23.3 Å². The summed E-state index contributed by atoms with van der Waals surface area (Å²) < 4.78 is 841. The Morgan fingerprint density at radius 2 is 0.217 bits per heavy atom. The molecule has 0 aromatic rings. The van der Waals surface area contributed by atoms with Crippen LogP contribution in [0.5, 0.6) is 0 Å².